The number of nitrogens with zero attached hydrogens (tertiary/aromatic N) is 1. The largest absolute Gasteiger partial charge is 0.469 e. The Morgan fingerprint density at radius 3 is 2.50 bits per heavy atom. The maximum absolute atomic E-state index is 11.7. The smallest absolute Gasteiger partial charge is 0.311 e. The molecule has 2 N–H and O–H groups in total. The summed E-state index contributed by atoms with van der Waals surface area (Å²) in [4.78, 5) is 14.2. The molecule has 18 heavy (non-hydrogen) atoms. The van der Waals surface area contributed by atoms with E-state index < -0.39 is 0 Å². The van der Waals surface area contributed by atoms with Crippen LogP contribution in [0.4, 0.5) is 0 Å². The van der Waals surface area contributed by atoms with Gasteiger partial charge in [0.1, 0.15) is 0 Å². The van der Waals surface area contributed by atoms with Gasteiger partial charge in [-0.05, 0) is 25.8 Å². The molecule has 0 aromatic heterocycles. The Kier molecular flexibility index (Phi) is 6.65. The second-order valence-corrected chi connectivity index (χ2v) is 5.31. The SMILES string of the molecule is CCCC(CCC)N1CC[C@@H](N)[C@H](C(=O)OC)C1. The molecule has 0 aromatic rings. The molecular weight excluding hydrogens is 228 g/mol. The van der Waals surface area contributed by atoms with E-state index in [2.05, 4.69) is 18.7 Å². The van der Waals surface area contributed by atoms with E-state index in [1.165, 1.54) is 32.8 Å². The normalized spacial score (nSPS) is 25.4. The Morgan fingerprint density at radius 2 is 2.00 bits per heavy atom. The fourth-order valence-corrected chi connectivity index (χ4v) is 2.90. The van der Waals surface area contributed by atoms with Crippen molar-refractivity contribution in [3.8, 4) is 0 Å². The summed E-state index contributed by atoms with van der Waals surface area (Å²) in [6.45, 7) is 6.21. The first kappa shape index (κ1) is 15.4. The molecule has 1 heterocycles. The maximum Gasteiger partial charge on any atom is 0.311 e. The zero-order chi connectivity index (χ0) is 13.5. The van der Waals surface area contributed by atoms with E-state index in [0.29, 0.717) is 6.04 Å². The summed E-state index contributed by atoms with van der Waals surface area (Å²) in [5, 5.41) is 0. The molecular formula is C14H28N2O2. The fraction of sp³-hybridized carbons (Fsp3) is 0.929. The first-order valence-electron chi connectivity index (χ1n) is 7.21. The lowest BCUT2D eigenvalue weighted by molar-refractivity contribution is -0.148. The van der Waals surface area contributed by atoms with Gasteiger partial charge in [-0.15, -0.1) is 0 Å². The van der Waals surface area contributed by atoms with Crippen LogP contribution in [0, 0.1) is 5.92 Å². The van der Waals surface area contributed by atoms with Crippen LogP contribution in [0.25, 0.3) is 0 Å². The van der Waals surface area contributed by atoms with Crippen molar-refractivity contribution in [1.82, 2.24) is 4.90 Å². The summed E-state index contributed by atoms with van der Waals surface area (Å²) in [6, 6.07) is 0.553. The van der Waals surface area contributed by atoms with Gasteiger partial charge in [-0.3, -0.25) is 9.69 Å². The molecule has 0 unspecified atom stereocenters. The standard InChI is InChI=1S/C14H28N2O2/c1-4-6-11(7-5-2)16-9-8-13(15)12(10-16)14(17)18-3/h11-13H,4-10,15H2,1-3H3/t12-,13-/m1/s1. The van der Waals surface area contributed by atoms with E-state index in [0.717, 1.165) is 19.5 Å². The molecule has 1 aliphatic rings. The third-order valence-electron chi connectivity index (χ3n) is 3.96. The molecule has 0 aliphatic carbocycles. The van der Waals surface area contributed by atoms with Crippen molar-refractivity contribution in [2.24, 2.45) is 11.7 Å². The molecule has 1 rings (SSSR count). The molecule has 1 fully saturated rings. The number of esters is 1. The number of carbonyl (C=O) groups is 1. The predicted octanol–water partition coefficient (Wildman–Crippen LogP) is 1.78. The molecule has 1 aliphatic heterocycles. The number of carbonyl (C=O) groups excluding carboxylic acids is 1. The van der Waals surface area contributed by atoms with Crippen LogP contribution in [-0.2, 0) is 9.53 Å². The summed E-state index contributed by atoms with van der Waals surface area (Å²) < 4.78 is 4.86. The van der Waals surface area contributed by atoms with Crippen molar-refractivity contribution in [1.29, 1.82) is 0 Å². The Bertz CT molecular complexity index is 252. The van der Waals surface area contributed by atoms with Gasteiger partial charge in [0.15, 0.2) is 0 Å². The monoisotopic (exact) mass is 256 g/mol. The van der Waals surface area contributed by atoms with Gasteiger partial charge >= 0.3 is 5.97 Å². The van der Waals surface area contributed by atoms with Crippen LogP contribution in [0.5, 0.6) is 0 Å². The summed E-state index contributed by atoms with van der Waals surface area (Å²) in [5.74, 6) is -0.307. The van der Waals surface area contributed by atoms with Gasteiger partial charge in [-0.25, -0.2) is 0 Å². The molecule has 4 nitrogen and oxygen atoms in total. The number of likely N-dealkylation sites (tertiary alicyclic amines) is 1. The number of hydrogen-bond acceptors (Lipinski definition) is 4. The number of piperidine rings is 1. The van der Waals surface area contributed by atoms with Crippen molar-refractivity contribution in [2.75, 3.05) is 20.2 Å². The van der Waals surface area contributed by atoms with E-state index >= 15 is 0 Å². The van der Waals surface area contributed by atoms with Crippen LogP contribution in [0.1, 0.15) is 46.0 Å². The number of ether oxygens (including phenoxy) is 1. The van der Waals surface area contributed by atoms with Crippen LogP contribution in [0.3, 0.4) is 0 Å². The number of rotatable bonds is 6. The molecule has 0 radical (unpaired) electrons. The quantitative estimate of drug-likeness (QED) is 0.736. The third-order valence-corrected chi connectivity index (χ3v) is 3.96. The van der Waals surface area contributed by atoms with E-state index in [4.69, 9.17) is 10.5 Å². The van der Waals surface area contributed by atoms with Crippen molar-refractivity contribution in [3.05, 3.63) is 0 Å². The fourth-order valence-electron chi connectivity index (χ4n) is 2.90. The average Bonchev–Trinajstić information content (AvgIpc) is 2.38. The van der Waals surface area contributed by atoms with Crippen LogP contribution in [0.2, 0.25) is 0 Å². The van der Waals surface area contributed by atoms with Crippen LogP contribution in [0.15, 0.2) is 0 Å². The zero-order valence-electron chi connectivity index (χ0n) is 12.0. The second kappa shape index (κ2) is 7.74. The minimum absolute atomic E-state index is 0.0439. The summed E-state index contributed by atoms with van der Waals surface area (Å²) in [5.41, 5.74) is 6.04. The summed E-state index contributed by atoms with van der Waals surface area (Å²) >= 11 is 0. The highest BCUT2D eigenvalue weighted by molar-refractivity contribution is 5.73. The molecule has 0 saturated carbocycles. The van der Waals surface area contributed by atoms with Crippen LogP contribution in [-0.4, -0.2) is 43.2 Å². The lowest BCUT2D eigenvalue weighted by atomic mass is 9.90. The molecule has 0 amide bonds. The minimum atomic E-state index is -0.154. The number of hydrogen-bond donors (Lipinski definition) is 1. The van der Waals surface area contributed by atoms with Gasteiger partial charge in [-0.2, -0.15) is 0 Å². The molecule has 106 valence electrons. The Morgan fingerprint density at radius 1 is 1.39 bits per heavy atom. The molecule has 0 aromatic carbocycles. The first-order valence-corrected chi connectivity index (χ1v) is 7.21. The van der Waals surface area contributed by atoms with Crippen LogP contribution < -0.4 is 5.73 Å². The van der Waals surface area contributed by atoms with Crippen molar-refractivity contribution < 1.29 is 9.53 Å². The maximum atomic E-state index is 11.7. The topological polar surface area (TPSA) is 55.6 Å². The third kappa shape index (κ3) is 3.95. The first-order chi connectivity index (χ1) is 8.63. The van der Waals surface area contributed by atoms with E-state index in [9.17, 15) is 4.79 Å². The molecule has 1 saturated heterocycles. The highest BCUT2D eigenvalue weighted by atomic mass is 16.5. The Hall–Kier alpha value is -0.610. The van der Waals surface area contributed by atoms with Crippen molar-refractivity contribution in [2.45, 2.75) is 58.0 Å². The predicted molar refractivity (Wildman–Crippen MR) is 73.3 cm³/mol. The van der Waals surface area contributed by atoms with E-state index in [1.807, 2.05) is 0 Å². The van der Waals surface area contributed by atoms with Crippen molar-refractivity contribution in [3.63, 3.8) is 0 Å². The summed E-state index contributed by atoms with van der Waals surface area (Å²) in [6.07, 6.45) is 5.68. The zero-order valence-corrected chi connectivity index (χ0v) is 12.0. The van der Waals surface area contributed by atoms with Gasteiger partial charge in [0.05, 0.1) is 13.0 Å². The summed E-state index contributed by atoms with van der Waals surface area (Å²) in [7, 11) is 1.45. The van der Waals surface area contributed by atoms with Gasteiger partial charge in [0, 0.05) is 18.6 Å². The highest BCUT2D eigenvalue weighted by Gasteiger charge is 2.34. The Labute approximate surface area is 111 Å². The molecule has 0 bridgehead atoms. The van der Waals surface area contributed by atoms with Gasteiger partial charge in [0.25, 0.3) is 0 Å². The van der Waals surface area contributed by atoms with Gasteiger partial charge < -0.3 is 10.5 Å². The van der Waals surface area contributed by atoms with Crippen molar-refractivity contribution >= 4 is 5.97 Å². The van der Waals surface area contributed by atoms with E-state index in [-0.39, 0.29) is 17.9 Å². The second-order valence-electron chi connectivity index (χ2n) is 5.31. The van der Waals surface area contributed by atoms with Crippen LogP contribution >= 0.6 is 0 Å². The molecule has 4 heteroatoms. The number of nitrogens with two attached hydrogens (primary N) is 1. The lowest BCUT2D eigenvalue weighted by Gasteiger charge is -2.40. The van der Waals surface area contributed by atoms with E-state index in [1.54, 1.807) is 0 Å². The molecule has 2 atom stereocenters. The molecule has 0 spiro atoms. The average molecular weight is 256 g/mol. The van der Waals surface area contributed by atoms with Gasteiger partial charge in [-0.1, -0.05) is 26.7 Å². The highest BCUT2D eigenvalue weighted by Crippen LogP contribution is 2.23. The minimum Gasteiger partial charge on any atom is -0.469 e. The number of methoxy groups -OCH3 is 1. The van der Waals surface area contributed by atoms with Gasteiger partial charge in [0.2, 0.25) is 0 Å². The Balaban J connectivity index is 2.63. The lowest BCUT2D eigenvalue weighted by Crippen LogP contribution is -2.53.